The molecule has 1 aliphatic rings. The smallest absolute Gasteiger partial charge is 0.231 e. The first kappa shape index (κ1) is 28.0. The van der Waals surface area contributed by atoms with Gasteiger partial charge in [-0.25, -0.2) is 0 Å². The standard InChI is InChI=1S/C21H41N7O4/c1-16(2)10-18-12-27(11-17(3)29)7-6-25(13-19(22)30)4-5-26(14-20(23)31)8-9-28(18)15-21(24)32/h16,18H,4-15H2,1-3H3,(H2,22,30)(H2,23,31)(H2,24,32). The Morgan fingerprint density at radius 2 is 1.16 bits per heavy atom. The molecule has 0 saturated carbocycles. The summed E-state index contributed by atoms with van der Waals surface area (Å²) in [6.07, 6.45) is 0.822. The normalized spacial score (nSPS) is 21.1. The van der Waals surface area contributed by atoms with Gasteiger partial charge in [-0.1, -0.05) is 13.8 Å². The molecule has 11 heteroatoms. The Morgan fingerprint density at radius 1 is 0.719 bits per heavy atom. The van der Waals surface area contributed by atoms with E-state index < -0.39 is 17.7 Å². The van der Waals surface area contributed by atoms with Gasteiger partial charge in [0.15, 0.2) is 0 Å². The highest BCUT2D eigenvalue weighted by Crippen LogP contribution is 2.15. The quantitative estimate of drug-likeness (QED) is 0.331. The van der Waals surface area contributed by atoms with E-state index >= 15 is 0 Å². The molecule has 3 amide bonds. The molecular weight excluding hydrogens is 414 g/mol. The molecule has 0 spiro atoms. The molecule has 1 heterocycles. The van der Waals surface area contributed by atoms with Crippen LogP contribution in [0, 0.1) is 5.92 Å². The molecule has 1 fully saturated rings. The van der Waals surface area contributed by atoms with Crippen LogP contribution in [0.5, 0.6) is 0 Å². The van der Waals surface area contributed by atoms with Crippen molar-refractivity contribution in [3.05, 3.63) is 0 Å². The van der Waals surface area contributed by atoms with Crippen LogP contribution >= 0.6 is 0 Å². The fourth-order valence-electron chi connectivity index (χ4n) is 4.14. The van der Waals surface area contributed by atoms with Crippen molar-refractivity contribution in [3.63, 3.8) is 0 Å². The minimum absolute atomic E-state index is 0.00120. The van der Waals surface area contributed by atoms with Crippen molar-refractivity contribution in [2.24, 2.45) is 23.1 Å². The van der Waals surface area contributed by atoms with Gasteiger partial charge >= 0.3 is 0 Å². The molecule has 6 N–H and O–H groups in total. The Balaban J connectivity index is 3.20. The zero-order valence-corrected chi connectivity index (χ0v) is 19.8. The van der Waals surface area contributed by atoms with E-state index in [1.165, 1.54) is 0 Å². The van der Waals surface area contributed by atoms with Crippen LogP contribution in [0.3, 0.4) is 0 Å². The fraction of sp³-hybridized carbons (Fsp3) is 0.810. The molecule has 0 aromatic carbocycles. The highest BCUT2D eigenvalue weighted by molar-refractivity contribution is 5.78. The molecule has 1 atom stereocenters. The van der Waals surface area contributed by atoms with E-state index in [0.717, 1.165) is 6.42 Å². The molecule has 11 nitrogen and oxygen atoms in total. The number of carbonyl (C=O) groups is 4. The molecule has 1 saturated heterocycles. The van der Waals surface area contributed by atoms with Crippen molar-refractivity contribution in [1.29, 1.82) is 0 Å². The molecule has 0 bridgehead atoms. The third kappa shape index (κ3) is 12.1. The van der Waals surface area contributed by atoms with Crippen molar-refractivity contribution in [1.82, 2.24) is 19.6 Å². The van der Waals surface area contributed by atoms with Gasteiger partial charge in [0.1, 0.15) is 5.78 Å². The Morgan fingerprint density at radius 3 is 1.56 bits per heavy atom. The summed E-state index contributed by atoms with van der Waals surface area (Å²) in [6, 6.07) is 0.00120. The summed E-state index contributed by atoms with van der Waals surface area (Å²) in [5.41, 5.74) is 16.4. The first-order valence-electron chi connectivity index (χ1n) is 11.2. The van der Waals surface area contributed by atoms with Gasteiger partial charge in [0.05, 0.1) is 26.2 Å². The van der Waals surface area contributed by atoms with Gasteiger partial charge in [-0.3, -0.25) is 38.8 Å². The van der Waals surface area contributed by atoms with Crippen LogP contribution < -0.4 is 17.2 Å². The van der Waals surface area contributed by atoms with Crippen molar-refractivity contribution < 1.29 is 19.2 Å². The monoisotopic (exact) mass is 455 g/mol. The maximum atomic E-state index is 11.9. The summed E-state index contributed by atoms with van der Waals surface area (Å²) in [5, 5.41) is 0. The fourth-order valence-corrected chi connectivity index (χ4v) is 4.14. The zero-order valence-electron chi connectivity index (χ0n) is 19.8. The number of nitrogens with zero attached hydrogens (tertiary/aromatic N) is 4. The SMILES string of the molecule is CC(=O)CN1CCN(CC(N)=O)CCN(CC(N)=O)CCN(CC(N)=O)C(CC(C)C)C1. The number of nitrogens with two attached hydrogens (primary N) is 3. The highest BCUT2D eigenvalue weighted by Gasteiger charge is 2.26. The van der Waals surface area contributed by atoms with Gasteiger partial charge in [0, 0.05) is 51.9 Å². The van der Waals surface area contributed by atoms with Gasteiger partial charge in [-0.15, -0.1) is 0 Å². The summed E-state index contributed by atoms with van der Waals surface area (Å²) in [5.74, 6) is -0.863. The number of primary amides is 3. The van der Waals surface area contributed by atoms with E-state index in [-0.39, 0.29) is 38.0 Å². The van der Waals surface area contributed by atoms with E-state index in [4.69, 9.17) is 17.2 Å². The number of ketones is 1. The largest absolute Gasteiger partial charge is 0.369 e. The molecule has 1 aliphatic heterocycles. The number of rotatable bonds is 10. The highest BCUT2D eigenvalue weighted by atomic mass is 16.2. The average molecular weight is 456 g/mol. The molecule has 184 valence electrons. The van der Waals surface area contributed by atoms with Crippen molar-refractivity contribution >= 4 is 23.5 Å². The molecule has 1 rings (SSSR count). The van der Waals surface area contributed by atoms with Crippen LogP contribution in [0.15, 0.2) is 0 Å². The van der Waals surface area contributed by atoms with Crippen molar-refractivity contribution in [3.8, 4) is 0 Å². The zero-order chi connectivity index (χ0) is 24.3. The lowest BCUT2D eigenvalue weighted by atomic mass is 10.0. The summed E-state index contributed by atoms with van der Waals surface area (Å²) in [7, 11) is 0. The minimum atomic E-state index is -0.439. The first-order valence-corrected chi connectivity index (χ1v) is 11.2. The predicted octanol–water partition coefficient (Wildman–Crippen LogP) is -2.33. The third-order valence-electron chi connectivity index (χ3n) is 5.46. The topological polar surface area (TPSA) is 159 Å². The molecule has 0 aromatic rings. The lowest BCUT2D eigenvalue weighted by Gasteiger charge is -2.38. The Bertz CT molecular complexity index is 644. The van der Waals surface area contributed by atoms with Gasteiger partial charge < -0.3 is 17.2 Å². The van der Waals surface area contributed by atoms with Gasteiger partial charge in [-0.2, -0.15) is 0 Å². The molecule has 1 unspecified atom stereocenters. The summed E-state index contributed by atoms with van der Waals surface area (Å²) < 4.78 is 0. The molecule has 0 aliphatic carbocycles. The van der Waals surface area contributed by atoms with E-state index in [2.05, 4.69) is 18.7 Å². The Hall–Kier alpha value is -2.08. The number of Topliss-reactive ketones (excluding diaryl/α,β-unsaturated/α-hetero) is 1. The first-order chi connectivity index (χ1) is 15.0. The van der Waals surface area contributed by atoms with Crippen molar-refractivity contribution in [2.45, 2.75) is 33.2 Å². The predicted molar refractivity (Wildman–Crippen MR) is 122 cm³/mol. The molecular formula is C21H41N7O4. The Labute approximate surface area is 191 Å². The Kier molecular flexibility index (Phi) is 12.4. The second-order valence-electron chi connectivity index (χ2n) is 9.14. The minimum Gasteiger partial charge on any atom is -0.369 e. The van der Waals surface area contributed by atoms with Gasteiger partial charge in [0.2, 0.25) is 17.7 Å². The lowest BCUT2D eigenvalue weighted by Crippen LogP contribution is -2.54. The summed E-state index contributed by atoms with van der Waals surface area (Å²) in [4.78, 5) is 54.8. The van der Waals surface area contributed by atoms with Crippen LogP contribution in [0.25, 0.3) is 0 Å². The van der Waals surface area contributed by atoms with Crippen molar-refractivity contribution in [2.75, 3.05) is 72.0 Å². The number of hydrogen-bond acceptors (Lipinski definition) is 8. The van der Waals surface area contributed by atoms with Gasteiger partial charge in [0.25, 0.3) is 0 Å². The number of carbonyl (C=O) groups excluding carboxylic acids is 4. The van der Waals surface area contributed by atoms with Crippen LogP contribution in [0.2, 0.25) is 0 Å². The summed E-state index contributed by atoms with van der Waals surface area (Å²) in [6.45, 7) is 10.1. The van der Waals surface area contributed by atoms with E-state index in [1.807, 2.05) is 14.7 Å². The van der Waals surface area contributed by atoms with Crippen LogP contribution in [0.4, 0.5) is 0 Å². The van der Waals surface area contributed by atoms with Gasteiger partial charge in [-0.05, 0) is 19.3 Å². The second-order valence-corrected chi connectivity index (χ2v) is 9.14. The van der Waals surface area contributed by atoms with E-state index in [0.29, 0.717) is 51.7 Å². The maximum Gasteiger partial charge on any atom is 0.231 e. The average Bonchev–Trinajstić information content (AvgIpc) is 2.63. The van der Waals surface area contributed by atoms with Crippen LogP contribution in [0.1, 0.15) is 27.2 Å². The molecule has 0 aromatic heterocycles. The second kappa shape index (κ2) is 14.1. The van der Waals surface area contributed by atoms with E-state index in [1.54, 1.807) is 6.92 Å². The van der Waals surface area contributed by atoms with Crippen LogP contribution in [-0.4, -0.2) is 121 Å². The lowest BCUT2D eigenvalue weighted by molar-refractivity contribution is -0.122. The number of amides is 3. The third-order valence-corrected chi connectivity index (χ3v) is 5.46. The van der Waals surface area contributed by atoms with E-state index in [9.17, 15) is 19.2 Å². The van der Waals surface area contributed by atoms with Crippen LogP contribution in [-0.2, 0) is 19.2 Å². The molecule has 0 radical (unpaired) electrons. The maximum absolute atomic E-state index is 11.9. The summed E-state index contributed by atoms with van der Waals surface area (Å²) >= 11 is 0. The number of hydrogen-bond donors (Lipinski definition) is 3. The molecule has 32 heavy (non-hydrogen) atoms.